The van der Waals surface area contributed by atoms with Gasteiger partial charge in [-0.2, -0.15) is 0 Å². The maximum Gasteiger partial charge on any atom is 0.124 e. The molecule has 0 atom stereocenters. The SMILES string of the molecule is NOCc1cc(Br)ccc1OCC1CC1. The summed E-state index contributed by atoms with van der Waals surface area (Å²) in [4.78, 5) is 4.65. The third-order valence-electron chi connectivity index (χ3n) is 2.43. The van der Waals surface area contributed by atoms with E-state index in [1.165, 1.54) is 12.8 Å². The lowest BCUT2D eigenvalue weighted by atomic mass is 10.2. The van der Waals surface area contributed by atoms with Gasteiger partial charge in [0.05, 0.1) is 13.2 Å². The fourth-order valence-electron chi connectivity index (χ4n) is 1.38. The summed E-state index contributed by atoms with van der Waals surface area (Å²) in [6, 6.07) is 5.87. The Hall–Kier alpha value is -0.580. The highest BCUT2D eigenvalue weighted by molar-refractivity contribution is 9.10. The van der Waals surface area contributed by atoms with E-state index in [4.69, 9.17) is 10.6 Å². The summed E-state index contributed by atoms with van der Waals surface area (Å²) in [7, 11) is 0. The summed E-state index contributed by atoms with van der Waals surface area (Å²) in [5.41, 5.74) is 0.979. The van der Waals surface area contributed by atoms with Crippen molar-refractivity contribution in [3.63, 3.8) is 0 Å². The first-order valence-corrected chi connectivity index (χ1v) is 5.82. The molecule has 82 valence electrons. The maximum atomic E-state index is 5.71. The van der Waals surface area contributed by atoms with Gasteiger partial charge in [-0.25, -0.2) is 5.90 Å². The third-order valence-corrected chi connectivity index (χ3v) is 2.93. The van der Waals surface area contributed by atoms with Gasteiger partial charge >= 0.3 is 0 Å². The number of ether oxygens (including phenoxy) is 1. The molecule has 1 aromatic rings. The Morgan fingerprint density at radius 3 is 2.87 bits per heavy atom. The van der Waals surface area contributed by atoms with Crippen molar-refractivity contribution in [1.82, 2.24) is 0 Å². The van der Waals surface area contributed by atoms with E-state index in [2.05, 4.69) is 20.8 Å². The molecule has 1 aliphatic carbocycles. The second kappa shape index (κ2) is 4.96. The predicted octanol–water partition coefficient (Wildman–Crippen LogP) is 2.63. The molecule has 0 aliphatic heterocycles. The number of rotatable bonds is 5. The first-order chi connectivity index (χ1) is 7.29. The molecule has 0 heterocycles. The van der Waals surface area contributed by atoms with Crippen LogP contribution in [0.4, 0.5) is 0 Å². The van der Waals surface area contributed by atoms with Crippen molar-refractivity contribution in [2.45, 2.75) is 19.4 Å². The Kier molecular flexibility index (Phi) is 3.61. The zero-order valence-corrected chi connectivity index (χ0v) is 10.00. The van der Waals surface area contributed by atoms with Crippen LogP contribution in [-0.2, 0) is 11.4 Å². The van der Waals surface area contributed by atoms with E-state index in [-0.39, 0.29) is 0 Å². The molecule has 2 rings (SSSR count). The van der Waals surface area contributed by atoms with E-state index in [9.17, 15) is 0 Å². The van der Waals surface area contributed by atoms with Crippen molar-refractivity contribution in [2.24, 2.45) is 11.8 Å². The smallest absolute Gasteiger partial charge is 0.124 e. The molecule has 1 aromatic carbocycles. The van der Waals surface area contributed by atoms with Crippen molar-refractivity contribution < 1.29 is 9.57 Å². The maximum absolute atomic E-state index is 5.71. The average molecular weight is 272 g/mol. The fraction of sp³-hybridized carbons (Fsp3) is 0.455. The lowest BCUT2D eigenvalue weighted by Crippen LogP contribution is -2.05. The van der Waals surface area contributed by atoms with Gasteiger partial charge in [-0.05, 0) is 37.0 Å². The highest BCUT2D eigenvalue weighted by Gasteiger charge is 2.22. The Bertz CT molecular complexity index is 339. The molecular weight excluding hydrogens is 258 g/mol. The summed E-state index contributed by atoms with van der Waals surface area (Å²) >= 11 is 3.41. The molecule has 0 spiro atoms. The summed E-state index contributed by atoms with van der Waals surface area (Å²) in [5.74, 6) is 6.70. The Balaban J connectivity index is 2.04. The number of nitrogens with two attached hydrogens (primary N) is 1. The Morgan fingerprint density at radius 2 is 2.20 bits per heavy atom. The Morgan fingerprint density at radius 1 is 1.40 bits per heavy atom. The highest BCUT2D eigenvalue weighted by atomic mass is 79.9. The van der Waals surface area contributed by atoms with Gasteiger partial charge in [0.1, 0.15) is 5.75 Å². The molecule has 0 aromatic heterocycles. The van der Waals surface area contributed by atoms with Crippen LogP contribution in [0.15, 0.2) is 22.7 Å². The molecule has 0 unspecified atom stereocenters. The summed E-state index contributed by atoms with van der Waals surface area (Å²) in [6.07, 6.45) is 2.58. The second-order valence-corrected chi connectivity index (χ2v) is 4.73. The van der Waals surface area contributed by atoms with Gasteiger partial charge in [-0.1, -0.05) is 15.9 Å². The van der Waals surface area contributed by atoms with Crippen LogP contribution in [0.1, 0.15) is 18.4 Å². The van der Waals surface area contributed by atoms with Gasteiger partial charge in [-0.3, -0.25) is 4.84 Å². The first-order valence-electron chi connectivity index (χ1n) is 5.02. The molecular formula is C11H14BrNO2. The van der Waals surface area contributed by atoms with Crippen molar-refractivity contribution in [2.75, 3.05) is 6.61 Å². The normalized spacial score (nSPS) is 15.3. The van der Waals surface area contributed by atoms with E-state index in [1.54, 1.807) is 0 Å². The Labute approximate surface area is 97.6 Å². The zero-order chi connectivity index (χ0) is 10.7. The molecule has 0 bridgehead atoms. The van der Waals surface area contributed by atoms with Crippen LogP contribution >= 0.6 is 15.9 Å². The van der Waals surface area contributed by atoms with Crippen molar-refractivity contribution >= 4 is 15.9 Å². The third kappa shape index (κ3) is 3.19. The van der Waals surface area contributed by atoms with Crippen LogP contribution in [0.25, 0.3) is 0 Å². The van der Waals surface area contributed by atoms with Crippen LogP contribution in [0.2, 0.25) is 0 Å². The lowest BCUT2D eigenvalue weighted by Gasteiger charge is -2.10. The number of halogens is 1. The standard InChI is InChI=1S/C11H14BrNO2/c12-10-3-4-11(9(5-10)7-15-13)14-6-8-1-2-8/h3-5,8H,1-2,6-7,13H2. The van der Waals surface area contributed by atoms with E-state index in [1.807, 2.05) is 18.2 Å². The minimum Gasteiger partial charge on any atom is -0.493 e. The number of hydrogen-bond donors (Lipinski definition) is 1. The molecule has 4 heteroatoms. The van der Waals surface area contributed by atoms with Gasteiger partial charge in [-0.15, -0.1) is 0 Å². The van der Waals surface area contributed by atoms with E-state index in [0.717, 1.165) is 28.3 Å². The van der Waals surface area contributed by atoms with E-state index >= 15 is 0 Å². The van der Waals surface area contributed by atoms with E-state index in [0.29, 0.717) is 6.61 Å². The van der Waals surface area contributed by atoms with Crippen molar-refractivity contribution in [1.29, 1.82) is 0 Å². The van der Waals surface area contributed by atoms with Gasteiger partial charge in [0.2, 0.25) is 0 Å². The van der Waals surface area contributed by atoms with Crippen molar-refractivity contribution in [3.8, 4) is 5.75 Å². The summed E-state index contributed by atoms with van der Waals surface area (Å²) in [5, 5.41) is 0. The summed E-state index contributed by atoms with van der Waals surface area (Å²) in [6.45, 7) is 1.18. The molecule has 2 N–H and O–H groups in total. The molecule has 0 amide bonds. The molecule has 1 aliphatic rings. The first kappa shape index (κ1) is 10.9. The van der Waals surface area contributed by atoms with Gasteiger partial charge in [0, 0.05) is 10.0 Å². The molecule has 3 nitrogen and oxygen atoms in total. The minimum absolute atomic E-state index is 0.374. The largest absolute Gasteiger partial charge is 0.493 e. The van der Waals surface area contributed by atoms with Crippen LogP contribution in [0.3, 0.4) is 0 Å². The molecule has 0 saturated heterocycles. The zero-order valence-electron chi connectivity index (χ0n) is 8.41. The highest BCUT2D eigenvalue weighted by Crippen LogP contribution is 2.31. The molecule has 1 saturated carbocycles. The molecule has 1 fully saturated rings. The lowest BCUT2D eigenvalue weighted by molar-refractivity contribution is 0.121. The van der Waals surface area contributed by atoms with Crippen LogP contribution < -0.4 is 10.6 Å². The number of hydrogen-bond acceptors (Lipinski definition) is 3. The molecule has 15 heavy (non-hydrogen) atoms. The van der Waals surface area contributed by atoms with Crippen LogP contribution in [0, 0.1) is 5.92 Å². The van der Waals surface area contributed by atoms with Crippen LogP contribution in [0.5, 0.6) is 5.75 Å². The van der Waals surface area contributed by atoms with Crippen LogP contribution in [-0.4, -0.2) is 6.61 Å². The predicted molar refractivity (Wildman–Crippen MR) is 61.3 cm³/mol. The van der Waals surface area contributed by atoms with Crippen molar-refractivity contribution in [3.05, 3.63) is 28.2 Å². The second-order valence-electron chi connectivity index (χ2n) is 3.82. The quantitative estimate of drug-likeness (QED) is 0.838. The minimum atomic E-state index is 0.374. The van der Waals surface area contributed by atoms with Gasteiger partial charge < -0.3 is 4.74 Å². The van der Waals surface area contributed by atoms with E-state index < -0.39 is 0 Å². The topological polar surface area (TPSA) is 44.5 Å². The fourth-order valence-corrected chi connectivity index (χ4v) is 1.79. The molecule has 0 radical (unpaired) electrons. The van der Waals surface area contributed by atoms with Gasteiger partial charge in [0.15, 0.2) is 0 Å². The average Bonchev–Trinajstić information content (AvgIpc) is 3.01. The monoisotopic (exact) mass is 271 g/mol. The summed E-state index contributed by atoms with van der Waals surface area (Å²) < 4.78 is 6.72. The van der Waals surface area contributed by atoms with Gasteiger partial charge in [0.25, 0.3) is 0 Å². The number of benzene rings is 1.